The van der Waals surface area contributed by atoms with Gasteiger partial charge in [-0.15, -0.1) is 0 Å². The Labute approximate surface area is 127 Å². The fourth-order valence-electron chi connectivity index (χ4n) is 3.27. The second-order valence-electron chi connectivity index (χ2n) is 6.87. The van der Waals surface area contributed by atoms with Gasteiger partial charge in [0, 0.05) is 25.0 Å². The number of aromatic nitrogens is 2. The van der Waals surface area contributed by atoms with E-state index in [4.69, 9.17) is 5.73 Å². The third kappa shape index (κ3) is 3.84. The summed E-state index contributed by atoms with van der Waals surface area (Å²) in [7, 11) is 0. The number of rotatable bonds is 6. The lowest BCUT2D eigenvalue weighted by Crippen LogP contribution is -2.45. The molecule has 0 aliphatic heterocycles. The van der Waals surface area contributed by atoms with Crippen molar-refractivity contribution < 1.29 is 4.79 Å². The first-order valence-corrected chi connectivity index (χ1v) is 7.99. The average Bonchev–Trinajstić information content (AvgIpc) is 2.96. The maximum Gasteiger partial charge on any atom is 0.284 e. The van der Waals surface area contributed by atoms with Gasteiger partial charge in [-0.1, -0.05) is 19.3 Å². The first-order valence-electron chi connectivity index (χ1n) is 7.99. The molecule has 2 rings (SSSR count). The molecule has 0 radical (unpaired) electrons. The Morgan fingerprint density at radius 2 is 2.14 bits per heavy atom. The van der Waals surface area contributed by atoms with E-state index in [1.54, 1.807) is 6.20 Å². The molecule has 1 aliphatic rings. The molecule has 118 valence electrons. The summed E-state index contributed by atoms with van der Waals surface area (Å²) in [5.41, 5.74) is 5.15. The molecule has 1 aromatic heterocycles. The molecule has 0 bridgehead atoms. The third-order valence-corrected chi connectivity index (χ3v) is 4.73. The maximum absolute atomic E-state index is 11.4. The maximum atomic E-state index is 11.4. The molecule has 1 heterocycles. The van der Waals surface area contributed by atoms with Gasteiger partial charge in [-0.25, -0.2) is 4.98 Å². The van der Waals surface area contributed by atoms with Gasteiger partial charge >= 0.3 is 0 Å². The van der Waals surface area contributed by atoms with Crippen LogP contribution in [0, 0.1) is 5.92 Å². The van der Waals surface area contributed by atoms with Gasteiger partial charge < -0.3 is 15.6 Å². The molecule has 1 aromatic rings. The van der Waals surface area contributed by atoms with Crippen molar-refractivity contribution in [3.63, 3.8) is 0 Å². The van der Waals surface area contributed by atoms with Gasteiger partial charge in [-0.2, -0.15) is 0 Å². The number of primary amides is 1. The summed E-state index contributed by atoms with van der Waals surface area (Å²) in [6.07, 6.45) is 10.2. The first-order chi connectivity index (χ1) is 9.92. The molecule has 0 saturated heterocycles. The van der Waals surface area contributed by atoms with Gasteiger partial charge in [-0.3, -0.25) is 4.79 Å². The minimum atomic E-state index is -0.478. The normalized spacial score (nSPS) is 18.6. The van der Waals surface area contributed by atoms with Crippen LogP contribution in [0.15, 0.2) is 12.4 Å². The number of nitrogens with two attached hydrogens (primary N) is 1. The highest BCUT2D eigenvalue weighted by Crippen LogP contribution is 2.27. The van der Waals surface area contributed by atoms with Crippen molar-refractivity contribution in [2.24, 2.45) is 11.7 Å². The van der Waals surface area contributed by atoms with Crippen molar-refractivity contribution in [3.05, 3.63) is 18.2 Å². The lowest BCUT2D eigenvalue weighted by Gasteiger charge is -2.33. The van der Waals surface area contributed by atoms with E-state index in [0.717, 1.165) is 12.5 Å². The molecule has 5 heteroatoms. The summed E-state index contributed by atoms with van der Waals surface area (Å²) < 4.78 is 1.87. The summed E-state index contributed by atoms with van der Waals surface area (Å²) in [5.74, 6) is 0.619. The molecule has 0 aromatic carbocycles. The Bertz CT molecular complexity index is 474. The third-order valence-electron chi connectivity index (χ3n) is 4.73. The monoisotopic (exact) mass is 292 g/mol. The predicted molar refractivity (Wildman–Crippen MR) is 84.1 cm³/mol. The van der Waals surface area contributed by atoms with Crippen LogP contribution < -0.4 is 11.1 Å². The molecular weight excluding hydrogens is 264 g/mol. The standard InChI is InChI=1S/C16H28N4O/c1-12(13-7-5-4-6-8-13)19-11-16(2,3)20-10-9-18-15(20)14(17)21/h9-10,12-13,19H,4-8,11H2,1-3H3,(H2,17,21)/t12-/m1/s1. The molecule has 21 heavy (non-hydrogen) atoms. The van der Waals surface area contributed by atoms with Crippen LogP contribution in [0.1, 0.15) is 63.5 Å². The van der Waals surface area contributed by atoms with Crippen molar-refractivity contribution in [3.8, 4) is 0 Å². The molecule has 0 spiro atoms. The van der Waals surface area contributed by atoms with Crippen molar-refractivity contribution in [1.82, 2.24) is 14.9 Å². The average molecular weight is 292 g/mol. The molecule has 5 nitrogen and oxygen atoms in total. The van der Waals surface area contributed by atoms with Gasteiger partial charge in [0.25, 0.3) is 5.91 Å². The number of hydrogen-bond donors (Lipinski definition) is 2. The summed E-state index contributed by atoms with van der Waals surface area (Å²) in [6.45, 7) is 7.26. The number of carbonyl (C=O) groups excluding carboxylic acids is 1. The van der Waals surface area contributed by atoms with Crippen LogP contribution in [0.25, 0.3) is 0 Å². The van der Waals surface area contributed by atoms with Crippen LogP contribution in [0.3, 0.4) is 0 Å². The zero-order valence-electron chi connectivity index (χ0n) is 13.4. The van der Waals surface area contributed by atoms with Crippen LogP contribution in [0.2, 0.25) is 0 Å². The minimum absolute atomic E-state index is 0.232. The van der Waals surface area contributed by atoms with Crippen molar-refractivity contribution in [2.75, 3.05) is 6.54 Å². The van der Waals surface area contributed by atoms with E-state index >= 15 is 0 Å². The highest BCUT2D eigenvalue weighted by molar-refractivity contribution is 5.89. The molecule has 1 atom stereocenters. The Balaban J connectivity index is 1.97. The number of nitrogens with one attached hydrogen (secondary N) is 1. The van der Waals surface area contributed by atoms with Crippen LogP contribution in [-0.2, 0) is 5.54 Å². The van der Waals surface area contributed by atoms with Gasteiger partial charge in [0.15, 0.2) is 5.82 Å². The molecule has 3 N–H and O–H groups in total. The van der Waals surface area contributed by atoms with Gasteiger partial charge in [0.05, 0.1) is 5.54 Å². The van der Waals surface area contributed by atoms with Gasteiger partial charge in [0.2, 0.25) is 0 Å². The van der Waals surface area contributed by atoms with Crippen LogP contribution >= 0.6 is 0 Å². The van der Waals surface area contributed by atoms with Crippen molar-refractivity contribution in [2.45, 2.75) is 64.5 Å². The van der Waals surface area contributed by atoms with Crippen LogP contribution in [0.5, 0.6) is 0 Å². The number of nitrogens with zero attached hydrogens (tertiary/aromatic N) is 2. The van der Waals surface area contributed by atoms with E-state index < -0.39 is 5.91 Å². The Kier molecular flexibility index (Phi) is 5.04. The minimum Gasteiger partial charge on any atom is -0.363 e. The number of amides is 1. The number of hydrogen-bond acceptors (Lipinski definition) is 3. The lowest BCUT2D eigenvalue weighted by molar-refractivity contribution is 0.0978. The highest BCUT2D eigenvalue weighted by atomic mass is 16.1. The molecular formula is C16H28N4O. The molecule has 0 unspecified atom stereocenters. The Morgan fingerprint density at radius 3 is 2.76 bits per heavy atom. The zero-order chi connectivity index (χ0) is 15.5. The zero-order valence-corrected chi connectivity index (χ0v) is 13.4. The predicted octanol–water partition coefficient (Wildman–Crippen LogP) is 2.28. The smallest absolute Gasteiger partial charge is 0.284 e. The number of imidazole rings is 1. The second-order valence-corrected chi connectivity index (χ2v) is 6.87. The number of carbonyl (C=O) groups is 1. The Morgan fingerprint density at radius 1 is 1.48 bits per heavy atom. The van der Waals surface area contributed by atoms with Crippen LogP contribution in [0.4, 0.5) is 0 Å². The molecule has 1 aliphatic carbocycles. The SMILES string of the molecule is C[C@@H](NCC(C)(C)n1ccnc1C(N)=O)C1CCCCC1. The van der Waals surface area contributed by atoms with Crippen LogP contribution in [-0.4, -0.2) is 28.0 Å². The summed E-state index contributed by atoms with van der Waals surface area (Å²) >= 11 is 0. The van der Waals surface area contributed by atoms with E-state index in [0.29, 0.717) is 11.9 Å². The first kappa shape index (κ1) is 16.0. The highest BCUT2D eigenvalue weighted by Gasteiger charge is 2.27. The Hall–Kier alpha value is -1.36. The van der Waals surface area contributed by atoms with E-state index in [1.807, 2.05) is 10.8 Å². The van der Waals surface area contributed by atoms with E-state index in [9.17, 15) is 4.79 Å². The lowest BCUT2D eigenvalue weighted by atomic mass is 9.84. The fourth-order valence-corrected chi connectivity index (χ4v) is 3.27. The molecule has 1 fully saturated rings. The quantitative estimate of drug-likeness (QED) is 0.845. The van der Waals surface area contributed by atoms with Crippen molar-refractivity contribution in [1.29, 1.82) is 0 Å². The van der Waals surface area contributed by atoms with E-state index in [1.165, 1.54) is 32.1 Å². The summed E-state index contributed by atoms with van der Waals surface area (Å²) in [5, 5.41) is 3.65. The molecule has 1 amide bonds. The summed E-state index contributed by atoms with van der Waals surface area (Å²) in [6, 6.07) is 0.505. The molecule has 1 saturated carbocycles. The largest absolute Gasteiger partial charge is 0.363 e. The van der Waals surface area contributed by atoms with Gasteiger partial charge in [0.1, 0.15) is 0 Å². The van der Waals surface area contributed by atoms with Crippen molar-refractivity contribution >= 4 is 5.91 Å². The topological polar surface area (TPSA) is 72.9 Å². The fraction of sp³-hybridized carbons (Fsp3) is 0.750. The summed E-state index contributed by atoms with van der Waals surface area (Å²) in [4.78, 5) is 15.5. The van der Waals surface area contributed by atoms with E-state index in [2.05, 4.69) is 31.1 Å². The van der Waals surface area contributed by atoms with Gasteiger partial charge in [-0.05, 0) is 39.5 Å². The van der Waals surface area contributed by atoms with E-state index in [-0.39, 0.29) is 5.54 Å². The second kappa shape index (κ2) is 6.60.